The molecule has 0 aliphatic rings. The average molecular weight is 393 g/mol. The van der Waals surface area contributed by atoms with E-state index in [0.717, 1.165) is 16.7 Å². The van der Waals surface area contributed by atoms with Crippen LogP contribution < -0.4 is 14.8 Å². The Morgan fingerprint density at radius 3 is 2.34 bits per heavy atom. The van der Waals surface area contributed by atoms with Crippen molar-refractivity contribution in [2.75, 3.05) is 19.5 Å². The van der Waals surface area contributed by atoms with Crippen LogP contribution in [0.25, 0.3) is 11.1 Å². The van der Waals surface area contributed by atoms with Gasteiger partial charge in [0.2, 0.25) is 5.91 Å². The Balaban J connectivity index is 1.89. The number of ether oxygens (including phenoxy) is 2. The van der Waals surface area contributed by atoms with E-state index in [0.29, 0.717) is 17.3 Å². The summed E-state index contributed by atoms with van der Waals surface area (Å²) in [4.78, 5) is 12.9. The zero-order chi connectivity index (χ0) is 21.0. The van der Waals surface area contributed by atoms with Crippen LogP contribution in [0, 0.1) is 0 Å². The van der Waals surface area contributed by atoms with Crippen molar-refractivity contribution in [2.45, 2.75) is 32.7 Å². The lowest BCUT2D eigenvalue weighted by atomic mass is 10.1. The van der Waals surface area contributed by atoms with E-state index in [2.05, 4.69) is 31.2 Å². The highest BCUT2D eigenvalue weighted by Gasteiger charge is 2.23. The summed E-state index contributed by atoms with van der Waals surface area (Å²) < 4.78 is 12.4. The Kier molecular flexibility index (Phi) is 5.92. The van der Waals surface area contributed by atoms with Gasteiger partial charge in [-0.1, -0.05) is 36.4 Å². The monoisotopic (exact) mass is 393 g/mol. The number of benzene rings is 2. The van der Waals surface area contributed by atoms with E-state index in [4.69, 9.17) is 9.47 Å². The molecule has 3 rings (SSSR count). The van der Waals surface area contributed by atoms with Crippen LogP contribution in [0.3, 0.4) is 0 Å². The summed E-state index contributed by atoms with van der Waals surface area (Å²) in [5, 5.41) is 7.61. The molecular formula is C23H27N3O3. The van der Waals surface area contributed by atoms with Gasteiger partial charge in [-0.05, 0) is 44.0 Å². The molecule has 0 saturated carbocycles. The molecule has 1 aromatic heterocycles. The maximum absolute atomic E-state index is 12.9. The SMILES string of the molecule is COc1ccc(CC(=O)Nc2c(-c3ccccc3)cnn2C(C)(C)C)cc1OC. The van der Waals surface area contributed by atoms with Gasteiger partial charge in [-0.2, -0.15) is 5.10 Å². The summed E-state index contributed by atoms with van der Waals surface area (Å²) in [7, 11) is 3.17. The Hall–Kier alpha value is -3.28. The van der Waals surface area contributed by atoms with Gasteiger partial charge in [-0.15, -0.1) is 0 Å². The summed E-state index contributed by atoms with van der Waals surface area (Å²) in [6.07, 6.45) is 2.01. The second kappa shape index (κ2) is 8.39. The summed E-state index contributed by atoms with van der Waals surface area (Å²) in [6.45, 7) is 6.16. The largest absolute Gasteiger partial charge is 0.493 e. The summed E-state index contributed by atoms with van der Waals surface area (Å²) >= 11 is 0. The van der Waals surface area contributed by atoms with Crippen molar-refractivity contribution in [3.8, 4) is 22.6 Å². The quantitative estimate of drug-likeness (QED) is 0.669. The number of nitrogens with zero attached hydrogens (tertiary/aromatic N) is 2. The summed E-state index contributed by atoms with van der Waals surface area (Å²) in [6, 6.07) is 15.4. The Morgan fingerprint density at radius 2 is 1.72 bits per heavy atom. The smallest absolute Gasteiger partial charge is 0.229 e. The van der Waals surface area contributed by atoms with E-state index in [9.17, 15) is 4.79 Å². The fourth-order valence-corrected chi connectivity index (χ4v) is 3.16. The fourth-order valence-electron chi connectivity index (χ4n) is 3.16. The van der Waals surface area contributed by atoms with Crippen molar-refractivity contribution in [2.24, 2.45) is 0 Å². The number of anilines is 1. The molecule has 1 heterocycles. The van der Waals surface area contributed by atoms with Gasteiger partial charge < -0.3 is 14.8 Å². The molecule has 6 heteroatoms. The highest BCUT2D eigenvalue weighted by Crippen LogP contribution is 2.32. The molecule has 0 bridgehead atoms. The molecular weight excluding hydrogens is 366 g/mol. The molecule has 0 fully saturated rings. The van der Waals surface area contributed by atoms with Crippen LogP contribution in [-0.4, -0.2) is 29.9 Å². The molecule has 3 aromatic rings. The predicted octanol–water partition coefficient (Wildman–Crippen LogP) is 4.50. The van der Waals surface area contributed by atoms with E-state index >= 15 is 0 Å². The molecule has 0 saturated heterocycles. The molecule has 1 N–H and O–H groups in total. The molecule has 0 spiro atoms. The number of carbonyl (C=O) groups excluding carboxylic acids is 1. The van der Waals surface area contributed by atoms with Crippen LogP contribution >= 0.6 is 0 Å². The zero-order valence-corrected chi connectivity index (χ0v) is 17.5. The van der Waals surface area contributed by atoms with Crippen molar-refractivity contribution in [1.29, 1.82) is 0 Å². The minimum atomic E-state index is -0.279. The van der Waals surface area contributed by atoms with Gasteiger partial charge in [-0.25, -0.2) is 4.68 Å². The van der Waals surface area contributed by atoms with Gasteiger partial charge in [0.05, 0.1) is 32.4 Å². The van der Waals surface area contributed by atoms with Gasteiger partial charge in [0, 0.05) is 5.56 Å². The minimum absolute atomic E-state index is 0.125. The number of amides is 1. The minimum Gasteiger partial charge on any atom is -0.493 e. The van der Waals surface area contributed by atoms with Crippen molar-refractivity contribution in [1.82, 2.24) is 9.78 Å². The molecule has 152 valence electrons. The molecule has 0 aliphatic carbocycles. The summed E-state index contributed by atoms with van der Waals surface area (Å²) in [5.74, 6) is 1.80. The van der Waals surface area contributed by atoms with Crippen LogP contribution in [0.2, 0.25) is 0 Å². The maximum Gasteiger partial charge on any atom is 0.229 e. The zero-order valence-electron chi connectivity index (χ0n) is 17.5. The third kappa shape index (κ3) is 4.59. The number of hydrogen-bond acceptors (Lipinski definition) is 4. The van der Waals surface area contributed by atoms with Gasteiger partial charge >= 0.3 is 0 Å². The first-order valence-electron chi connectivity index (χ1n) is 9.48. The maximum atomic E-state index is 12.9. The first kappa shape index (κ1) is 20.5. The van der Waals surface area contributed by atoms with Crippen LogP contribution in [0.15, 0.2) is 54.7 Å². The number of hydrogen-bond donors (Lipinski definition) is 1. The number of nitrogens with one attached hydrogen (secondary N) is 1. The molecule has 0 aliphatic heterocycles. The standard InChI is InChI=1S/C23H27N3O3/c1-23(2,3)26-22(18(15-24-26)17-9-7-6-8-10-17)25-21(27)14-16-11-12-19(28-4)20(13-16)29-5/h6-13,15H,14H2,1-5H3,(H,25,27). The number of rotatable bonds is 6. The van der Waals surface area contributed by atoms with Gasteiger partial charge in [-0.3, -0.25) is 4.79 Å². The lowest BCUT2D eigenvalue weighted by Crippen LogP contribution is -2.27. The Labute approximate surface area is 171 Å². The number of aromatic nitrogens is 2. The Morgan fingerprint density at radius 1 is 1.03 bits per heavy atom. The van der Waals surface area contributed by atoms with E-state index in [-0.39, 0.29) is 17.9 Å². The second-order valence-electron chi connectivity index (χ2n) is 7.77. The topological polar surface area (TPSA) is 65.4 Å². The van der Waals surface area contributed by atoms with Gasteiger partial charge in [0.15, 0.2) is 11.5 Å². The third-order valence-corrected chi connectivity index (χ3v) is 4.56. The molecule has 2 aromatic carbocycles. The fraction of sp³-hybridized carbons (Fsp3) is 0.304. The van der Waals surface area contributed by atoms with Crippen molar-refractivity contribution >= 4 is 11.7 Å². The van der Waals surface area contributed by atoms with E-state index in [1.54, 1.807) is 26.5 Å². The van der Waals surface area contributed by atoms with E-state index in [1.165, 1.54) is 0 Å². The molecule has 29 heavy (non-hydrogen) atoms. The molecule has 6 nitrogen and oxygen atoms in total. The normalized spacial score (nSPS) is 11.2. The molecule has 0 unspecified atom stereocenters. The first-order chi connectivity index (χ1) is 13.8. The van der Waals surface area contributed by atoms with Crippen LogP contribution in [0.1, 0.15) is 26.3 Å². The highest BCUT2D eigenvalue weighted by atomic mass is 16.5. The van der Waals surface area contributed by atoms with Crippen molar-refractivity contribution in [3.63, 3.8) is 0 Å². The molecule has 0 radical (unpaired) electrons. The first-order valence-corrected chi connectivity index (χ1v) is 9.48. The average Bonchev–Trinajstić information content (AvgIpc) is 3.12. The highest BCUT2D eigenvalue weighted by molar-refractivity contribution is 5.95. The van der Waals surface area contributed by atoms with Crippen LogP contribution in [0.4, 0.5) is 5.82 Å². The van der Waals surface area contributed by atoms with Gasteiger partial charge in [0.25, 0.3) is 0 Å². The van der Waals surface area contributed by atoms with E-state index in [1.807, 2.05) is 47.1 Å². The van der Waals surface area contributed by atoms with Crippen molar-refractivity contribution in [3.05, 3.63) is 60.3 Å². The molecule has 1 amide bonds. The lowest BCUT2D eigenvalue weighted by molar-refractivity contribution is -0.115. The Bertz CT molecular complexity index is 988. The van der Waals surface area contributed by atoms with Crippen LogP contribution in [0.5, 0.6) is 11.5 Å². The third-order valence-electron chi connectivity index (χ3n) is 4.56. The van der Waals surface area contributed by atoms with Gasteiger partial charge in [0.1, 0.15) is 5.82 Å². The number of methoxy groups -OCH3 is 2. The number of carbonyl (C=O) groups is 1. The summed E-state index contributed by atoms with van der Waals surface area (Å²) in [5.41, 5.74) is 2.45. The van der Waals surface area contributed by atoms with E-state index < -0.39 is 0 Å². The second-order valence-corrected chi connectivity index (χ2v) is 7.77. The lowest BCUT2D eigenvalue weighted by Gasteiger charge is -2.23. The van der Waals surface area contributed by atoms with Crippen molar-refractivity contribution < 1.29 is 14.3 Å². The van der Waals surface area contributed by atoms with Crippen LogP contribution in [-0.2, 0) is 16.8 Å². The molecule has 0 atom stereocenters. The predicted molar refractivity (Wildman–Crippen MR) is 115 cm³/mol.